The van der Waals surface area contributed by atoms with E-state index in [0.29, 0.717) is 17.1 Å². The first-order chi connectivity index (χ1) is 12.1. The Morgan fingerprint density at radius 3 is 2.38 bits per heavy atom. The molecule has 0 atom stereocenters. The molecule has 3 nitrogen and oxygen atoms in total. The minimum atomic E-state index is -4.52. The van der Waals surface area contributed by atoms with Crippen LogP contribution >= 0.6 is 23.4 Å². The van der Waals surface area contributed by atoms with Crippen molar-refractivity contribution in [1.29, 1.82) is 0 Å². The lowest BCUT2D eigenvalue weighted by Gasteiger charge is -2.25. The maximum atomic E-state index is 12.9. The van der Waals surface area contributed by atoms with Crippen LogP contribution in [0.2, 0.25) is 5.02 Å². The van der Waals surface area contributed by atoms with E-state index >= 15 is 0 Å². The van der Waals surface area contributed by atoms with Crippen LogP contribution in [0.5, 0.6) is 0 Å². The summed E-state index contributed by atoms with van der Waals surface area (Å²) in [6.07, 6.45) is -3.52. The highest BCUT2D eigenvalue weighted by molar-refractivity contribution is 7.99. The van der Waals surface area contributed by atoms with Crippen LogP contribution in [-0.4, -0.2) is 23.1 Å². The second kappa shape index (κ2) is 8.57. The molecule has 8 heteroatoms. The lowest BCUT2D eigenvalue weighted by Crippen LogP contribution is -2.38. The Morgan fingerprint density at radius 2 is 1.85 bits per heavy atom. The monoisotopic (exact) mass is 406 g/mol. The van der Waals surface area contributed by atoms with Crippen molar-refractivity contribution in [3.63, 3.8) is 0 Å². The van der Waals surface area contributed by atoms with E-state index in [4.69, 9.17) is 11.6 Å². The van der Waals surface area contributed by atoms with Gasteiger partial charge in [0.05, 0.1) is 10.6 Å². The van der Waals surface area contributed by atoms with Crippen LogP contribution in [0.15, 0.2) is 23.1 Å². The molecule has 1 aliphatic rings. The number of ketones is 3. The highest BCUT2D eigenvalue weighted by atomic mass is 35.5. The number of alkyl halides is 3. The van der Waals surface area contributed by atoms with E-state index in [0.717, 1.165) is 6.07 Å². The highest BCUT2D eigenvalue weighted by Crippen LogP contribution is 2.37. The molecule has 1 aromatic carbocycles. The topological polar surface area (TPSA) is 51.2 Å². The predicted molar refractivity (Wildman–Crippen MR) is 93.3 cm³/mol. The third kappa shape index (κ3) is 5.10. The zero-order chi connectivity index (χ0) is 19.5. The Kier molecular flexibility index (Phi) is 6.91. The standard InChI is InChI=1S/C18H18ClF3O3S/c1-2-14(23)17-15(24)7-10(8-16(17)25)5-6-26-11-3-4-13(19)12(9-11)18(20,21)22/h3-4,9-10,17H,2,5-8H2,1H3. The first-order valence-corrected chi connectivity index (χ1v) is 9.57. The normalized spacial score (nSPS) is 21.1. The zero-order valence-corrected chi connectivity index (χ0v) is 15.6. The number of halogens is 4. The number of Topliss-reactive ketones (excluding diaryl/α,β-unsaturated/α-hetero) is 3. The molecule has 0 saturated heterocycles. The van der Waals surface area contributed by atoms with Crippen molar-refractivity contribution in [3.05, 3.63) is 28.8 Å². The van der Waals surface area contributed by atoms with Gasteiger partial charge in [0.25, 0.3) is 0 Å². The van der Waals surface area contributed by atoms with Crippen molar-refractivity contribution in [3.8, 4) is 0 Å². The second-order valence-electron chi connectivity index (χ2n) is 6.24. The predicted octanol–water partition coefficient (Wildman–Crippen LogP) is 4.98. The third-order valence-corrected chi connectivity index (χ3v) is 5.69. The third-order valence-electron chi connectivity index (χ3n) is 4.33. The molecule has 26 heavy (non-hydrogen) atoms. The molecule has 0 aromatic heterocycles. The highest BCUT2D eigenvalue weighted by Gasteiger charge is 2.39. The summed E-state index contributed by atoms with van der Waals surface area (Å²) in [4.78, 5) is 36.2. The van der Waals surface area contributed by atoms with Gasteiger partial charge in [0.1, 0.15) is 5.92 Å². The maximum absolute atomic E-state index is 12.9. The van der Waals surface area contributed by atoms with Gasteiger partial charge in [-0.3, -0.25) is 14.4 Å². The van der Waals surface area contributed by atoms with Crippen molar-refractivity contribution >= 4 is 40.7 Å². The van der Waals surface area contributed by atoms with E-state index < -0.39 is 17.7 Å². The largest absolute Gasteiger partial charge is 0.417 e. The molecule has 0 heterocycles. The van der Waals surface area contributed by atoms with Crippen molar-refractivity contribution < 1.29 is 27.6 Å². The molecular weight excluding hydrogens is 389 g/mol. The van der Waals surface area contributed by atoms with E-state index in [-0.39, 0.29) is 47.6 Å². The minimum absolute atomic E-state index is 0.154. The molecule has 1 saturated carbocycles. The molecular formula is C18H18ClF3O3S. The fourth-order valence-corrected chi connectivity index (χ4v) is 4.26. The van der Waals surface area contributed by atoms with Gasteiger partial charge in [-0.2, -0.15) is 13.2 Å². The summed E-state index contributed by atoms with van der Waals surface area (Å²) in [5.74, 6) is -1.83. The summed E-state index contributed by atoms with van der Waals surface area (Å²) in [6, 6.07) is 3.72. The van der Waals surface area contributed by atoms with Gasteiger partial charge in [0.2, 0.25) is 0 Å². The van der Waals surface area contributed by atoms with E-state index in [1.54, 1.807) is 6.92 Å². The number of carbonyl (C=O) groups excluding carboxylic acids is 3. The molecule has 0 amide bonds. The van der Waals surface area contributed by atoms with Crippen molar-refractivity contribution in [2.75, 3.05) is 5.75 Å². The molecule has 142 valence electrons. The van der Waals surface area contributed by atoms with Crippen molar-refractivity contribution in [2.45, 2.75) is 43.7 Å². The Labute approximate surface area is 158 Å². The number of carbonyl (C=O) groups is 3. The van der Waals surface area contributed by atoms with Crippen LogP contribution in [0.3, 0.4) is 0 Å². The molecule has 0 spiro atoms. The average Bonchev–Trinajstić information content (AvgIpc) is 2.54. The lowest BCUT2D eigenvalue weighted by atomic mass is 9.76. The van der Waals surface area contributed by atoms with Crippen LogP contribution < -0.4 is 0 Å². The van der Waals surface area contributed by atoms with Crippen LogP contribution in [0.4, 0.5) is 13.2 Å². The summed E-state index contributed by atoms with van der Waals surface area (Å²) in [6.45, 7) is 1.62. The SMILES string of the molecule is CCC(=O)C1C(=O)CC(CCSc2ccc(Cl)c(C(F)(F)F)c2)CC1=O. The van der Waals surface area contributed by atoms with Gasteiger partial charge in [0, 0.05) is 24.2 Å². The van der Waals surface area contributed by atoms with Gasteiger partial charge < -0.3 is 0 Å². The van der Waals surface area contributed by atoms with Gasteiger partial charge in [-0.05, 0) is 36.3 Å². The maximum Gasteiger partial charge on any atom is 0.417 e. The molecule has 0 unspecified atom stereocenters. The van der Waals surface area contributed by atoms with E-state index in [1.165, 1.54) is 23.9 Å². The summed E-state index contributed by atoms with van der Waals surface area (Å²) in [5.41, 5.74) is -0.881. The fraction of sp³-hybridized carbons (Fsp3) is 0.500. The van der Waals surface area contributed by atoms with E-state index in [1.807, 2.05) is 0 Å². The summed E-state index contributed by atoms with van der Waals surface area (Å²) in [5, 5.41) is -0.350. The lowest BCUT2D eigenvalue weighted by molar-refractivity contribution is -0.143. The van der Waals surface area contributed by atoms with E-state index in [2.05, 4.69) is 0 Å². The number of benzene rings is 1. The van der Waals surface area contributed by atoms with Crippen molar-refractivity contribution in [1.82, 2.24) is 0 Å². The molecule has 1 fully saturated rings. The Balaban J connectivity index is 1.92. The number of thioether (sulfide) groups is 1. The molecule has 1 aromatic rings. The second-order valence-corrected chi connectivity index (χ2v) is 7.81. The number of hydrogen-bond donors (Lipinski definition) is 0. The van der Waals surface area contributed by atoms with E-state index in [9.17, 15) is 27.6 Å². The first kappa shape index (κ1) is 21.0. The minimum Gasteiger partial charge on any atom is -0.298 e. The van der Waals surface area contributed by atoms with Crippen LogP contribution in [0.1, 0.15) is 38.2 Å². The van der Waals surface area contributed by atoms with Crippen molar-refractivity contribution in [2.24, 2.45) is 11.8 Å². The zero-order valence-electron chi connectivity index (χ0n) is 14.1. The average molecular weight is 407 g/mol. The van der Waals surface area contributed by atoms with Crippen LogP contribution in [0.25, 0.3) is 0 Å². The number of rotatable bonds is 6. The quantitative estimate of drug-likeness (QED) is 0.493. The number of hydrogen-bond acceptors (Lipinski definition) is 4. The molecule has 0 radical (unpaired) electrons. The molecule has 0 N–H and O–H groups in total. The summed E-state index contributed by atoms with van der Waals surface area (Å²) < 4.78 is 38.6. The Morgan fingerprint density at radius 1 is 1.23 bits per heavy atom. The van der Waals surface area contributed by atoms with Gasteiger partial charge in [0.15, 0.2) is 17.3 Å². The molecule has 2 rings (SSSR count). The molecule has 0 aliphatic heterocycles. The fourth-order valence-electron chi connectivity index (χ4n) is 2.98. The van der Waals surface area contributed by atoms with Crippen LogP contribution in [-0.2, 0) is 20.6 Å². The smallest absolute Gasteiger partial charge is 0.298 e. The van der Waals surface area contributed by atoms with Crippen LogP contribution in [0, 0.1) is 11.8 Å². The van der Waals surface area contributed by atoms with Gasteiger partial charge >= 0.3 is 6.18 Å². The Hall–Kier alpha value is -1.34. The van der Waals surface area contributed by atoms with Gasteiger partial charge in [-0.1, -0.05) is 18.5 Å². The van der Waals surface area contributed by atoms with Gasteiger partial charge in [-0.15, -0.1) is 11.8 Å². The summed E-state index contributed by atoms with van der Waals surface area (Å²) >= 11 is 6.81. The first-order valence-electron chi connectivity index (χ1n) is 8.21. The summed E-state index contributed by atoms with van der Waals surface area (Å²) in [7, 11) is 0. The molecule has 1 aliphatic carbocycles. The molecule has 0 bridgehead atoms. The Bertz CT molecular complexity index is 700. The van der Waals surface area contributed by atoms with Gasteiger partial charge in [-0.25, -0.2) is 0 Å².